The molecule has 0 spiro atoms. The van der Waals surface area contributed by atoms with Gasteiger partial charge in [0, 0.05) is 18.5 Å². The predicted molar refractivity (Wildman–Crippen MR) is 146 cm³/mol. The molecule has 9 heteroatoms. The van der Waals surface area contributed by atoms with Crippen LogP contribution in [0.2, 0.25) is 0 Å². The van der Waals surface area contributed by atoms with Crippen molar-refractivity contribution in [3.63, 3.8) is 0 Å². The molecular weight excluding hydrogens is 506 g/mol. The summed E-state index contributed by atoms with van der Waals surface area (Å²) >= 11 is 1.56. The molecule has 5 rings (SSSR count). The third kappa shape index (κ3) is 5.86. The van der Waals surface area contributed by atoms with Gasteiger partial charge in [0.25, 0.3) is 0 Å². The van der Waals surface area contributed by atoms with Gasteiger partial charge in [-0.25, -0.2) is 13.4 Å². The van der Waals surface area contributed by atoms with Gasteiger partial charge < -0.3 is 14.0 Å². The fourth-order valence-corrected chi connectivity index (χ4v) is 6.53. The number of thiazole rings is 1. The predicted octanol–water partition coefficient (Wildman–Crippen LogP) is 4.92. The Hall–Kier alpha value is -3.24. The lowest BCUT2D eigenvalue weighted by Gasteiger charge is -2.26. The molecule has 0 N–H and O–H groups in total. The van der Waals surface area contributed by atoms with E-state index < -0.39 is 10.0 Å². The maximum Gasteiger partial charge on any atom is 0.243 e. The Labute approximate surface area is 221 Å². The zero-order valence-electron chi connectivity index (χ0n) is 20.6. The molecule has 0 saturated carbocycles. The van der Waals surface area contributed by atoms with E-state index in [0.717, 1.165) is 33.1 Å². The van der Waals surface area contributed by atoms with Gasteiger partial charge in [0.15, 0.2) is 4.80 Å². The average molecular weight is 536 g/mol. The number of hydrogen-bond acceptors (Lipinski definition) is 6. The second-order valence-corrected chi connectivity index (χ2v) is 11.3. The molecule has 1 saturated heterocycles. The minimum Gasteiger partial charge on any atom is -0.494 e. The van der Waals surface area contributed by atoms with Crippen LogP contribution < -0.4 is 9.54 Å². The summed E-state index contributed by atoms with van der Waals surface area (Å²) in [6.07, 6.45) is 0. The average Bonchev–Trinajstić information content (AvgIpc) is 3.32. The lowest BCUT2D eigenvalue weighted by atomic mass is 10.1. The maximum absolute atomic E-state index is 13.1. The first-order valence-electron chi connectivity index (χ1n) is 12.2. The monoisotopic (exact) mass is 535 g/mol. The maximum atomic E-state index is 13.1. The zero-order chi connectivity index (χ0) is 25.7. The largest absolute Gasteiger partial charge is 0.494 e. The number of benzene rings is 3. The Balaban J connectivity index is 1.50. The molecule has 4 aromatic rings. The van der Waals surface area contributed by atoms with Crippen molar-refractivity contribution in [3.05, 3.63) is 94.6 Å². The minimum absolute atomic E-state index is 0.294. The van der Waals surface area contributed by atoms with E-state index in [9.17, 15) is 8.42 Å². The van der Waals surface area contributed by atoms with Crippen LogP contribution in [-0.4, -0.2) is 50.2 Å². The summed E-state index contributed by atoms with van der Waals surface area (Å²) in [6, 6.07) is 25.1. The van der Waals surface area contributed by atoms with E-state index in [1.807, 2.05) is 61.5 Å². The first-order chi connectivity index (χ1) is 18.0. The standard InChI is InChI=1S/C28H29N3O4S2/c1-2-35-25-12-10-24(11-13-25)29-28-31(20-22-6-4-3-5-7-22)27(21-36-28)23-8-14-26(15-9-23)37(32,33)30-16-18-34-19-17-30/h3-15,21H,2,16-20H2,1H3. The number of hydrogen-bond donors (Lipinski definition) is 0. The van der Waals surface area contributed by atoms with Crippen molar-refractivity contribution in [2.75, 3.05) is 32.9 Å². The van der Waals surface area contributed by atoms with Crippen LogP contribution >= 0.6 is 11.3 Å². The van der Waals surface area contributed by atoms with Gasteiger partial charge in [0.05, 0.1) is 42.6 Å². The number of aromatic nitrogens is 1. The molecule has 0 radical (unpaired) electrons. The Morgan fingerprint density at radius 3 is 2.32 bits per heavy atom. The van der Waals surface area contributed by atoms with Crippen molar-refractivity contribution in [2.24, 2.45) is 4.99 Å². The molecule has 1 aliphatic rings. The fourth-order valence-electron chi connectivity index (χ4n) is 4.20. The van der Waals surface area contributed by atoms with Gasteiger partial charge in [0.1, 0.15) is 5.75 Å². The van der Waals surface area contributed by atoms with Crippen molar-refractivity contribution >= 4 is 27.0 Å². The van der Waals surface area contributed by atoms with E-state index in [1.165, 1.54) is 4.31 Å². The molecule has 0 unspecified atom stereocenters. The van der Waals surface area contributed by atoms with Crippen LogP contribution in [0.4, 0.5) is 5.69 Å². The normalized spacial score (nSPS) is 15.1. The molecule has 1 aliphatic heterocycles. The summed E-state index contributed by atoms with van der Waals surface area (Å²) in [4.78, 5) is 6.06. The number of nitrogens with zero attached hydrogens (tertiary/aromatic N) is 3. The number of morpholine rings is 1. The van der Waals surface area contributed by atoms with Crippen LogP contribution in [0.25, 0.3) is 11.3 Å². The molecule has 1 fully saturated rings. The van der Waals surface area contributed by atoms with Crippen molar-refractivity contribution in [1.82, 2.24) is 8.87 Å². The zero-order valence-corrected chi connectivity index (χ0v) is 22.2. The van der Waals surface area contributed by atoms with Gasteiger partial charge in [-0.3, -0.25) is 0 Å². The van der Waals surface area contributed by atoms with E-state index in [0.29, 0.717) is 44.4 Å². The van der Waals surface area contributed by atoms with E-state index >= 15 is 0 Å². The molecule has 3 aromatic carbocycles. The Morgan fingerprint density at radius 2 is 1.65 bits per heavy atom. The second kappa shape index (κ2) is 11.4. The number of ether oxygens (including phenoxy) is 2. The van der Waals surface area contributed by atoms with E-state index in [2.05, 4.69) is 22.1 Å². The highest BCUT2D eigenvalue weighted by molar-refractivity contribution is 7.89. The van der Waals surface area contributed by atoms with E-state index in [-0.39, 0.29) is 0 Å². The van der Waals surface area contributed by atoms with Gasteiger partial charge in [-0.05, 0) is 54.4 Å². The van der Waals surface area contributed by atoms with E-state index in [1.54, 1.807) is 23.5 Å². The van der Waals surface area contributed by atoms with Gasteiger partial charge in [-0.2, -0.15) is 4.31 Å². The van der Waals surface area contributed by atoms with Crippen LogP contribution in [0.1, 0.15) is 12.5 Å². The van der Waals surface area contributed by atoms with Crippen LogP contribution in [0, 0.1) is 0 Å². The molecule has 37 heavy (non-hydrogen) atoms. The first kappa shape index (κ1) is 25.4. The van der Waals surface area contributed by atoms with Crippen LogP contribution in [-0.2, 0) is 21.3 Å². The summed E-state index contributed by atoms with van der Waals surface area (Å²) in [6.45, 7) is 4.82. The smallest absolute Gasteiger partial charge is 0.243 e. The van der Waals surface area contributed by atoms with Gasteiger partial charge in [-0.1, -0.05) is 42.5 Å². The minimum atomic E-state index is -3.54. The third-order valence-corrected chi connectivity index (χ3v) is 8.89. The van der Waals surface area contributed by atoms with Crippen LogP contribution in [0.3, 0.4) is 0 Å². The summed E-state index contributed by atoms with van der Waals surface area (Å²) in [5, 5.41) is 2.07. The summed E-state index contributed by atoms with van der Waals surface area (Å²) in [7, 11) is -3.54. The molecule has 0 bridgehead atoms. The molecule has 1 aromatic heterocycles. The van der Waals surface area contributed by atoms with Crippen molar-refractivity contribution in [2.45, 2.75) is 18.4 Å². The topological polar surface area (TPSA) is 73.1 Å². The SMILES string of the molecule is CCOc1ccc(N=c2scc(-c3ccc(S(=O)(=O)N4CCOCC4)cc3)n2Cc2ccccc2)cc1. The van der Waals surface area contributed by atoms with Crippen molar-refractivity contribution < 1.29 is 17.9 Å². The number of sulfonamides is 1. The molecule has 192 valence electrons. The van der Waals surface area contributed by atoms with Gasteiger partial charge in [0.2, 0.25) is 10.0 Å². The molecule has 0 aliphatic carbocycles. The molecular formula is C28H29N3O4S2. The lowest BCUT2D eigenvalue weighted by Crippen LogP contribution is -2.40. The fraction of sp³-hybridized carbons (Fsp3) is 0.250. The highest BCUT2D eigenvalue weighted by Gasteiger charge is 2.26. The summed E-state index contributed by atoms with van der Waals surface area (Å²) in [5.41, 5.74) is 3.91. The molecule has 0 atom stereocenters. The quantitative estimate of drug-likeness (QED) is 0.321. The van der Waals surface area contributed by atoms with Crippen molar-refractivity contribution in [3.8, 4) is 17.0 Å². The highest BCUT2D eigenvalue weighted by atomic mass is 32.2. The third-order valence-electron chi connectivity index (χ3n) is 6.11. The lowest BCUT2D eigenvalue weighted by molar-refractivity contribution is 0.0730. The first-order valence-corrected chi connectivity index (χ1v) is 14.5. The van der Waals surface area contributed by atoms with E-state index in [4.69, 9.17) is 14.5 Å². The summed E-state index contributed by atoms with van der Waals surface area (Å²) in [5.74, 6) is 0.817. The Bertz CT molecular complexity index is 1490. The number of rotatable bonds is 8. The van der Waals surface area contributed by atoms with Crippen molar-refractivity contribution in [1.29, 1.82) is 0 Å². The Kier molecular flexibility index (Phi) is 7.85. The van der Waals surface area contributed by atoms with Crippen LogP contribution in [0.5, 0.6) is 5.75 Å². The highest BCUT2D eigenvalue weighted by Crippen LogP contribution is 2.26. The molecule has 7 nitrogen and oxygen atoms in total. The van der Waals surface area contributed by atoms with Crippen LogP contribution in [0.15, 0.2) is 94.1 Å². The van der Waals surface area contributed by atoms with Gasteiger partial charge in [-0.15, -0.1) is 11.3 Å². The second-order valence-electron chi connectivity index (χ2n) is 8.55. The Morgan fingerprint density at radius 1 is 0.946 bits per heavy atom. The molecule has 0 amide bonds. The summed E-state index contributed by atoms with van der Waals surface area (Å²) < 4.78 is 40.6. The molecule has 2 heterocycles. The van der Waals surface area contributed by atoms with Gasteiger partial charge >= 0.3 is 0 Å².